The molecule has 0 spiro atoms. The number of sulfone groups is 1. The SMILES string of the molecule is O=c1ccn(-c2ccc(S(=O)(=O)C(F)(F)F)cc2)nc1-c1ccnn1-c1ccccc1F. The van der Waals surface area contributed by atoms with Crippen molar-refractivity contribution in [3.63, 3.8) is 0 Å². The summed E-state index contributed by atoms with van der Waals surface area (Å²) in [5, 5.41) is 8.23. The third kappa shape index (κ3) is 3.68. The molecular formula is C20H12F4N4O3S. The summed E-state index contributed by atoms with van der Waals surface area (Å²) < 4.78 is 77.8. The second-order valence-corrected chi connectivity index (χ2v) is 8.44. The van der Waals surface area contributed by atoms with Crippen molar-refractivity contribution in [3.05, 3.63) is 89.1 Å². The molecule has 2 aromatic heterocycles. The third-order valence-electron chi connectivity index (χ3n) is 4.49. The van der Waals surface area contributed by atoms with E-state index in [1.807, 2.05) is 0 Å². The van der Waals surface area contributed by atoms with Gasteiger partial charge in [0.15, 0.2) is 5.69 Å². The van der Waals surface area contributed by atoms with E-state index in [1.54, 1.807) is 6.07 Å². The molecule has 0 aliphatic heterocycles. The van der Waals surface area contributed by atoms with Crippen LogP contribution < -0.4 is 5.43 Å². The Kier molecular flexibility index (Phi) is 5.17. The Morgan fingerprint density at radius 3 is 2.25 bits per heavy atom. The van der Waals surface area contributed by atoms with E-state index in [9.17, 15) is 30.8 Å². The molecule has 7 nitrogen and oxygen atoms in total. The summed E-state index contributed by atoms with van der Waals surface area (Å²) in [4.78, 5) is 11.5. The van der Waals surface area contributed by atoms with Gasteiger partial charge >= 0.3 is 5.51 Å². The van der Waals surface area contributed by atoms with Crippen molar-refractivity contribution < 1.29 is 26.0 Å². The van der Waals surface area contributed by atoms with Crippen LogP contribution in [0.3, 0.4) is 0 Å². The van der Waals surface area contributed by atoms with Crippen LogP contribution in [0, 0.1) is 5.82 Å². The maximum atomic E-state index is 14.2. The summed E-state index contributed by atoms with van der Waals surface area (Å²) in [6.45, 7) is 0. The fourth-order valence-corrected chi connectivity index (χ4v) is 3.70. The van der Waals surface area contributed by atoms with E-state index >= 15 is 0 Å². The molecule has 0 saturated heterocycles. The van der Waals surface area contributed by atoms with Gasteiger partial charge in [0.05, 0.1) is 22.5 Å². The smallest absolute Gasteiger partial charge is 0.287 e. The molecule has 0 fully saturated rings. The molecule has 0 aliphatic rings. The number of halogens is 4. The van der Waals surface area contributed by atoms with Crippen LogP contribution in [0.2, 0.25) is 0 Å². The molecule has 0 aliphatic carbocycles. The lowest BCUT2D eigenvalue weighted by atomic mass is 10.2. The Morgan fingerprint density at radius 1 is 0.906 bits per heavy atom. The molecule has 0 amide bonds. The number of hydrogen-bond donors (Lipinski definition) is 0. The fraction of sp³-hybridized carbons (Fsp3) is 0.0500. The highest BCUT2D eigenvalue weighted by molar-refractivity contribution is 7.92. The largest absolute Gasteiger partial charge is 0.501 e. The quantitative estimate of drug-likeness (QED) is 0.432. The van der Waals surface area contributed by atoms with E-state index in [0.717, 1.165) is 24.3 Å². The molecule has 0 atom stereocenters. The van der Waals surface area contributed by atoms with Crippen LogP contribution in [0.15, 0.2) is 82.7 Å². The average molecular weight is 464 g/mol. The topological polar surface area (TPSA) is 86.8 Å². The Labute approximate surface area is 178 Å². The molecule has 0 bridgehead atoms. The highest BCUT2D eigenvalue weighted by Crippen LogP contribution is 2.30. The molecule has 0 unspecified atom stereocenters. The van der Waals surface area contributed by atoms with E-state index in [1.165, 1.54) is 52.1 Å². The van der Waals surface area contributed by atoms with Gasteiger partial charge in [0, 0.05) is 12.3 Å². The van der Waals surface area contributed by atoms with Crippen molar-refractivity contribution >= 4 is 9.84 Å². The second-order valence-electron chi connectivity index (χ2n) is 6.50. The standard InChI is InChI=1S/C20H12F4N4O3S/c21-15-3-1-2-4-16(15)28-17(9-11-25-28)19-18(29)10-12-27(26-19)13-5-7-14(8-6-13)32(30,31)20(22,23)24/h1-12H. The van der Waals surface area contributed by atoms with Gasteiger partial charge in [-0.1, -0.05) is 12.1 Å². The second kappa shape index (κ2) is 7.71. The van der Waals surface area contributed by atoms with Crippen molar-refractivity contribution in [2.45, 2.75) is 10.4 Å². The van der Waals surface area contributed by atoms with Crippen molar-refractivity contribution in [1.29, 1.82) is 0 Å². The monoisotopic (exact) mass is 464 g/mol. The van der Waals surface area contributed by atoms with Gasteiger partial charge in [0.25, 0.3) is 9.84 Å². The summed E-state index contributed by atoms with van der Waals surface area (Å²) in [5.41, 5.74) is -5.56. The molecule has 2 aromatic carbocycles. The maximum Gasteiger partial charge on any atom is 0.501 e. The van der Waals surface area contributed by atoms with Crippen molar-refractivity contribution in [3.8, 4) is 22.8 Å². The minimum Gasteiger partial charge on any atom is -0.287 e. The van der Waals surface area contributed by atoms with Gasteiger partial charge in [-0.3, -0.25) is 4.79 Å². The number of benzene rings is 2. The van der Waals surface area contributed by atoms with E-state index in [0.29, 0.717) is 0 Å². The van der Waals surface area contributed by atoms with Crippen molar-refractivity contribution in [2.24, 2.45) is 0 Å². The van der Waals surface area contributed by atoms with E-state index < -0.39 is 31.5 Å². The van der Waals surface area contributed by atoms with Crippen LogP contribution in [0.25, 0.3) is 22.8 Å². The number of para-hydroxylation sites is 1. The van der Waals surface area contributed by atoms with E-state index in [2.05, 4.69) is 10.2 Å². The minimum atomic E-state index is -5.49. The molecule has 0 saturated carbocycles. The number of rotatable bonds is 4. The lowest BCUT2D eigenvalue weighted by molar-refractivity contribution is -0.0436. The molecule has 2 heterocycles. The number of aromatic nitrogens is 4. The number of nitrogens with zero attached hydrogens (tertiary/aromatic N) is 4. The Morgan fingerprint density at radius 2 is 1.59 bits per heavy atom. The van der Waals surface area contributed by atoms with E-state index in [-0.39, 0.29) is 22.8 Å². The molecule has 32 heavy (non-hydrogen) atoms. The molecule has 164 valence electrons. The summed E-state index contributed by atoms with van der Waals surface area (Å²) in [5.74, 6) is -0.574. The lowest BCUT2D eigenvalue weighted by Gasteiger charge is -2.11. The molecule has 0 N–H and O–H groups in total. The van der Waals surface area contributed by atoms with Gasteiger partial charge in [-0.2, -0.15) is 23.4 Å². The molecular weight excluding hydrogens is 452 g/mol. The summed E-state index contributed by atoms with van der Waals surface area (Å²) in [7, 11) is -5.49. The van der Waals surface area contributed by atoms with Gasteiger partial charge in [-0.05, 0) is 42.5 Å². The van der Waals surface area contributed by atoms with Crippen LogP contribution in [0.1, 0.15) is 0 Å². The summed E-state index contributed by atoms with van der Waals surface area (Å²) in [6.07, 6.45) is 2.62. The molecule has 4 rings (SSSR count). The van der Waals surface area contributed by atoms with Gasteiger partial charge in [-0.25, -0.2) is 22.2 Å². The third-order valence-corrected chi connectivity index (χ3v) is 5.99. The lowest BCUT2D eigenvalue weighted by Crippen LogP contribution is -2.23. The zero-order chi connectivity index (χ0) is 23.1. The number of hydrogen-bond acceptors (Lipinski definition) is 5. The van der Waals surface area contributed by atoms with Gasteiger partial charge < -0.3 is 0 Å². The maximum absolute atomic E-state index is 14.2. The Bertz CT molecular complexity index is 1460. The highest BCUT2D eigenvalue weighted by Gasteiger charge is 2.46. The zero-order valence-corrected chi connectivity index (χ0v) is 16.7. The van der Waals surface area contributed by atoms with Crippen molar-refractivity contribution in [1.82, 2.24) is 19.6 Å². The molecule has 12 heteroatoms. The first-order chi connectivity index (χ1) is 15.1. The van der Waals surface area contributed by atoms with Crippen LogP contribution in [-0.2, 0) is 9.84 Å². The first-order valence-corrected chi connectivity index (χ1v) is 10.4. The molecule has 0 radical (unpaired) electrons. The van der Waals surface area contributed by atoms with Crippen LogP contribution in [-0.4, -0.2) is 33.5 Å². The normalized spacial score (nSPS) is 12.1. The average Bonchev–Trinajstić information content (AvgIpc) is 3.23. The highest BCUT2D eigenvalue weighted by atomic mass is 32.2. The predicted octanol–water partition coefficient (Wildman–Crippen LogP) is 3.52. The van der Waals surface area contributed by atoms with Gasteiger partial charge in [-0.15, -0.1) is 0 Å². The fourth-order valence-electron chi connectivity index (χ4n) is 2.94. The molecule has 4 aromatic rings. The van der Waals surface area contributed by atoms with Crippen molar-refractivity contribution in [2.75, 3.05) is 0 Å². The van der Waals surface area contributed by atoms with Crippen LogP contribution >= 0.6 is 0 Å². The summed E-state index contributed by atoms with van der Waals surface area (Å²) >= 11 is 0. The van der Waals surface area contributed by atoms with E-state index in [4.69, 9.17) is 0 Å². The minimum absolute atomic E-state index is 0.0887. The van der Waals surface area contributed by atoms with Gasteiger partial charge in [0.1, 0.15) is 11.5 Å². The Hall–Kier alpha value is -3.80. The zero-order valence-electron chi connectivity index (χ0n) is 15.9. The first kappa shape index (κ1) is 21.4. The summed E-state index contributed by atoms with van der Waals surface area (Å²) in [6, 6.07) is 12.2. The van der Waals surface area contributed by atoms with Crippen LogP contribution in [0.5, 0.6) is 0 Å². The van der Waals surface area contributed by atoms with Crippen LogP contribution in [0.4, 0.5) is 17.6 Å². The Balaban J connectivity index is 1.77. The number of alkyl halides is 3. The van der Waals surface area contributed by atoms with Gasteiger partial charge in [0.2, 0.25) is 5.43 Å². The first-order valence-electron chi connectivity index (χ1n) is 8.91. The predicted molar refractivity (Wildman–Crippen MR) is 106 cm³/mol.